The molecule has 0 saturated heterocycles. The molecule has 0 aliphatic heterocycles. The van der Waals surface area contributed by atoms with Crippen molar-refractivity contribution in [3.63, 3.8) is 0 Å². The first-order valence-electron chi connectivity index (χ1n) is 11.1. The van der Waals surface area contributed by atoms with E-state index in [0.717, 1.165) is 25.7 Å². The predicted molar refractivity (Wildman–Crippen MR) is 126 cm³/mol. The van der Waals surface area contributed by atoms with E-state index in [1.54, 1.807) is 17.0 Å². The summed E-state index contributed by atoms with van der Waals surface area (Å²) in [4.78, 5) is 29.3. The highest BCUT2D eigenvalue weighted by atomic mass is 35.5. The normalized spacial score (nSPS) is 15.4. The first kappa shape index (κ1) is 23.8. The average Bonchev–Trinajstić information content (AvgIpc) is 3.32. The molecule has 168 valence electrons. The molecule has 1 fully saturated rings. The summed E-state index contributed by atoms with van der Waals surface area (Å²) in [6.07, 6.45) is 6.04. The van der Waals surface area contributed by atoms with Gasteiger partial charge in [0, 0.05) is 36.4 Å². The van der Waals surface area contributed by atoms with Crippen LogP contribution in [0.4, 0.5) is 0 Å². The first-order chi connectivity index (χ1) is 15.1. The quantitative estimate of drug-likeness (QED) is 0.477. The number of hydrogen-bond donors (Lipinski definition) is 1. The number of rotatable bonds is 10. The van der Waals surface area contributed by atoms with E-state index in [2.05, 4.69) is 5.32 Å². The van der Waals surface area contributed by atoms with Crippen LogP contribution in [0.25, 0.3) is 0 Å². The Morgan fingerprint density at radius 1 is 1.19 bits per heavy atom. The Bertz CT molecular complexity index is 837. The second kappa shape index (κ2) is 12.2. The zero-order chi connectivity index (χ0) is 22.1. The molecule has 0 radical (unpaired) electrons. The lowest BCUT2D eigenvalue weighted by Gasteiger charge is -2.33. The van der Waals surface area contributed by atoms with Crippen molar-refractivity contribution in [1.29, 1.82) is 0 Å². The van der Waals surface area contributed by atoms with E-state index < -0.39 is 6.04 Å². The Balaban J connectivity index is 1.91. The fraction of sp³-hybridized carbons (Fsp3) is 0.500. The summed E-state index contributed by atoms with van der Waals surface area (Å²) in [7, 11) is 0. The number of benzene rings is 1. The van der Waals surface area contributed by atoms with Crippen molar-refractivity contribution in [2.75, 3.05) is 19.8 Å². The molecule has 1 N–H and O–H groups in total. The summed E-state index contributed by atoms with van der Waals surface area (Å²) in [5.41, 5.74) is 0.652. The molecule has 1 aliphatic carbocycles. The lowest BCUT2D eigenvalue weighted by atomic mass is 9.94. The van der Waals surface area contributed by atoms with E-state index >= 15 is 0 Å². The van der Waals surface area contributed by atoms with E-state index in [4.69, 9.17) is 16.3 Å². The monoisotopic (exact) mass is 462 g/mol. The van der Waals surface area contributed by atoms with Crippen LogP contribution < -0.4 is 5.32 Å². The van der Waals surface area contributed by atoms with Gasteiger partial charge in [-0.05, 0) is 43.7 Å². The smallest absolute Gasteiger partial charge is 0.264 e. The minimum Gasteiger partial charge on any atom is -0.382 e. The lowest BCUT2D eigenvalue weighted by molar-refractivity contribution is -0.127. The van der Waals surface area contributed by atoms with Crippen molar-refractivity contribution < 1.29 is 14.3 Å². The van der Waals surface area contributed by atoms with Crippen molar-refractivity contribution in [3.05, 3.63) is 57.2 Å². The van der Waals surface area contributed by atoms with E-state index in [9.17, 15) is 9.59 Å². The molecule has 7 heteroatoms. The standard InChI is InChI=1S/C24H31ClN2O3S/c1-2-30-16-9-15-27(24(29)21-14-8-17-31-21)22(19-12-6-7-13-20(19)25)23(28)26-18-10-4-3-5-11-18/h6-8,12-14,17-18,22H,2-5,9-11,15-16H2,1H3,(H,26,28)/t22-/m0/s1. The molecule has 0 spiro atoms. The van der Waals surface area contributed by atoms with E-state index in [1.807, 2.05) is 36.6 Å². The van der Waals surface area contributed by atoms with Crippen LogP contribution in [0.2, 0.25) is 5.02 Å². The number of carbonyl (C=O) groups is 2. The van der Waals surface area contributed by atoms with Crippen LogP contribution >= 0.6 is 22.9 Å². The molecule has 1 atom stereocenters. The van der Waals surface area contributed by atoms with Gasteiger partial charge in [0.1, 0.15) is 6.04 Å². The van der Waals surface area contributed by atoms with Crippen molar-refractivity contribution >= 4 is 34.8 Å². The maximum Gasteiger partial charge on any atom is 0.264 e. The van der Waals surface area contributed by atoms with Crippen LogP contribution in [0.5, 0.6) is 0 Å². The summed E-state index contributed by atoms with van der Waals surface area (Å²) >= 11 is 7.90. The van der Waals surface area contributed by atoms with Crippen molar-refractivity contribution in [1.82, 2.24) is 10.2 Å². The highest BCUT2D eigenvalue weighted by molar-refractivity contribution is 7.12. The fourth-order valence-electron chi connectivity index (χ4n) is 4.05. The van der Waals surface area contributed by atoms with Gasteiger partial charge in [-0.1, -0.05) is 55.1 Å². The van der Waals surface area contributed by atoms with E-state index in [1.165, 1.54) is 17.8 Å². The third-order valence-electron chi connectivity index (χ3n) is 5.60. The van der Waals surface area contributed by atoms with Gasteiger partial charge in [-0.25, -0.2) is 0 Å². The molecule has 1 aliphatic rings. The number of carbonyl (C=O) groups excluding carboxylic acids is 2. The second-order valence-electron chi connectivity index (χ2n) is 7.79. The van der Waals surface area contributed by atoms with Crippen LogP contribution in [0.1, 0.15) is 66.7 Å². The van der Waals surface area contributed by atoms with Crippen LogP contribution in [0.15, 0.2) is 41.8 Å². The summed E-state index contributed by atoms with van der Waals surface area (Å²) in [6.45, 7) is 3.50. The van der Waals surface area contributed by atoms with Crippen LogP contribution in [0, 0.1) is 0 Å². The van der Waals surface area contributed by atoms with E-state index in [0.29, 0.717) is 41.6 Å². The Labute approximate surface area is 193 Å². The molecule has 1 aromatic heterocycles. The zero-order valence-corrected chi connectivity index (χ0v) is 19.6. The molecular formula is C24H31ClN2O3S. The number of amides is 2. The van der Waals surface area contributed by atoms with Gasteiger partial charge in [0.25, 0.3) is 5.91 Å². The Morgan fingerprint density at radius 2 is 1.97 bits per heavy atom. The van der Waals surface area contributed by atoms with Crippen molar-refractivity contribution in [2.45, 2.75) is 57.5 Å². The van der Waals surface area contributed by atoms with Gasteiger partial charge in [-0.2, -0.15) is 0 Å². The van der Waals surface area contributed by atoms with Gasteiger partial charge in [-0.15, -0.1) is 11.3 Å². The molecule has 1 heterocycles. The Kier molecular flexibility index (Phi) is 9.37. The SMILES string of the molecule is CCOCCCN(C(=O)c1cccs1)[C@H](C(=O)NC1CCCCC1)c1ccccc1Cl. The van der Waals surface area contributed by atoms with Gasteiger partial charge < -0.3 is 15.0 Å². The van der Waals surface area contributed by atoms with Crippen LogP contribution in [0.3, 0.4) is 0 Å². The molecule has 1 saturated carbocycles. The topological polar surface area (TPSA) is 58.6 Å². The van der Waals surface area contributed by atoms with Gasteiger partial charge in [-0.3, -0.25) is 9.59 Å². The molecule has 3 rings (SSSR count). The zero-order valence-electron chi connectivity index (χ0n) is 18.0. The maximum absolute atomic E-state index is 13.6. The predicted octanol–water partition coefficient (Wildman–Crippen LogP) is 5.46. The Hall–Kier alpha value is -1.89. The summed E-state index contributed by atoms with van der Waals surface area (Å²) in [6, 6.07) is 10.3. The molecular weight excluding hydrogens is 432 g/mol. The first-order valence-corrected chi connectivity index (χ1v) is 12.3. The molecule has 0 bridgehead atoms. The summed E-state index contributed by atoms with van der Waals surface area (Å²) < 4.78 is 5.48. The number of nitrogens with zero attached hydrogens (tertiary/aromatic N) is 1. The minimum absolute atomic E-state index is 0.147. The average molecular weight is 463 g/mol. The molecule has 5 nitrogen and oxygen atoms in total. The number of nitrogens with one attached hydrogen (secondary N) is 1. The van der Waals surface area contributed by atoms with Gasteiger partial charge >= 0.3 is 0 Å². The number of hydrogen-bond acceptors (Lipinski definition) is 4. The molecule has 31 heavy (non-hydrogen) atoms. The fourth-order valence-corrected chi connectivity index (χ4v) is 4.96. The van der Waals surface area contributed by atoms with Crippen LogP contribution in [-0.4, -0.2) is 42.5 Å². The molecule has 0 unspecified atom stereocenters. The number of halogens is 1. The minimum atomic E-state index is -0.785. The maximum atomic E-state index is 13.6. The second-order valence-corrected chi connectivity index (χ2v) is 9.15. The summed E-state index contributed by atoms with van der Waals surface area (Å²) in [5.74, 6) is -0.323. The number of thiophene rings is 1. The molecule has 2 aromatic rings. The Morgan fingerprint density at radius 3 is 2.65 bits per heavy atom. The number of ether oxygens (including phenoxy) is 1. The highest BCUT2D eigenvalue weighted by Crippen LogP contribution is 2.31. The third-order valence-corrected chi connectivity index (χ3v) is 6.80. The van der Waals surface area contributed by atoms with Crippen LogP contribution in [-0.2, 0) is 9.53 Å². The summed E-state index contributed by atoms with van der Waals surface area (Å²) in [5, 5.41) is 5.57. The van der Waals surface area contributed by atoms with Crippen molar-refractivity contribution in [2.24, 2.45) is 0 Å². The van der Waals surface area contributed by atoms with E-state index in [-0.39, 0.29) is 17.9 Å². The van der Waals surface area contributed by atoms with Gasteiger partial charge in [0.05, 0.1) is 4.88 Å². The molecule has 1 aromatic carbocycles. The largest absolute Gasteiger partial charge is 0.382 e. The molecule has 2 amide bonds. The van der Waals surface area contributed by atoms with Gasteiger partial charge in [0.15, 0.2) is 0 Å². The third kappa shape index (κ3) is 6.55. The lowest BCUT2D eigenvalue weighted by Crippen LogP contribution is -2.47. The highest BCUT2D eigenvalue weighted by Gasteiger charge is 2.34. The van der Waals surface area contributed by atoms with Crippen molar-refractivity contribution in [3.8, 4) is 0 Å². The van der Waals surface area contributed by atoms with Gasteiger partial charge in [0.2, 0.25) is 5.91 Å².